The van der Waals surface area contributed by atoms with E-state index in [4.69, 9.17) is 11.6 Å². The standard InChI is InChI=1S/C5H9ClN2O2/c1-4(6)7-10-5(9)8(2)3/h1-3H3. The van der Waals surface area contributed by atoms with Crippen LogP contribution < -0.4 is 0 Å². The van der Waals surface area contributed by atoms with Crippen LogP contribution in [0.2, 0.25) is 0 Å². The maximum atomic E-state index is 10.6. The molecular formula is C5H9ClN2O2. The lowest BCUT2D eigenvalue weighted by Crippen LogP contribution is -2.20. The van der Waals surface area contributed by atoms with Crippen molar-refractivity contribution in [3.63, 3.8) is 0 Å². The molecule has 0 atom stereocenters. The number of rotatable bonds is 1. The molecule has 58 valence electrons. The molecule has 0 aromatic heterocycles. The van der Waals surface area contributed by atoms with Crippen LogP contribution in [0.1, 0.15) is 6.92 Å². The van der Waals surface area contributed by atoms with Crippen LogP contribution in [0.3, 0.4) is 0 Å². The van der Waals surface area contributed by atoms with E-state index in [1.165, 1.54) is 11.8 Å². The van der Waals surface area contributed by atoms with Gasteiger partial charge >= 0.3 is 6.09 Å². The second kappa shape index (κ2) is 4.11. The van der Waals surface area contributed by atoms with E-state index < -0.39 is 6.09 Å². The molecule has 0 radical (unpaired) electrons. The van der Waals surface area contributed by atoms with Gasteiger partial charge in [-0.15, -0.1) is 0 Å². The Hall–Kier alpha value is -0.770. The van der Waals surface area contributed by atoms with Crippen LogP contribution in [-0.4, -0.2) is 30.3 Å². The summed E-state index contributed by atoms with van der Waals surface area (Å²) in [5.41, 5.74) is 0. The van der Waals surface area contributed by atoms with Gasteiger partial charge in [0, 0.05) is 14.1 Å². The highest BCUT2D eigenvalue weighted by Gasteiger charge is 2.02. The van der Waals surface area contributed by atoms with Gasteiger partial charge in [-0.1, -0.05) is 16.8 Å². The fourth-order valence-electron chi connectivity index (χ4n) is 0.184. The summed E-state index contributed by atoms with van der Waals surface area (Å²) < 4.78 is 0. The van der Waals surface area contributed by atoms with Crippen LogP contribution in [0.4, 0.5) is 4.79 Å². The van der Waals surface area contributed by atoms with Gasteiger partial charge in [0.2, 0.25) is 0 Å². The second-order valence-corrected chi connectivity index (χ2v) is 2.39. The van der Waals surface area contributed by atoms with E-state index in [1.807, 2.05) is 0 Å². The van der Waals surface area contributed by atoms with Crippen molar-refractivity contribution in [1.82, 2.24) is 4.90 Å². The normalized spacial score (nSPS) is 11.0. The van der Waals surface area contributed by atoms with Gasteiger partial charge in [-0.3, -0.25) is 4.84 Å². The quantitative estimate of drug-likeness (QED) is 0.333. The summed E-state index contributed by atoms with van der Waals surface area (Å²) in [5, 5.41) is 3.43. The molecule has 0 aromatic rings. The maximum Gasteiger partial charge on any atom is 0.435 e. The van der Waals surface area contributed by atoms with E-state index in [0.29, 0.717) is 0 Å². The van der Waals surface area contributed by atoms with Gasteiger partial charge in [0.1, 0.15) is 5.17 Å². The van der Waals surface area contributed by atoms with Crippen LogP contribution in [-0.2, 0) is 4.84 Å². The van der Waals surface area contributed by atoms with E-state index in [2.05, 4.69) is 9.99 Å². The fraction of sp³-hybridized carbons (Fsp3) is 0.600. The van der Waals surface area contributed by atoms with Gasteiger partial charge < -0.3 is 4.90 Å². The van der Waals surface area contributed by atoms with E-state index in [1.54, 1.807) is 14.1 Å². The molecule has 1 amide bonds. The zero-order valence-electron chi connectivity index (χ0n) is 6.09. The molecule has 0 aliphatic carbocycles. The average Bonchev–Trinajstić information content (AvgIpc) is 1.82. The third kappa shape index (κ3) is 4.14. The van der Waals surface area contributed by atoms with Crippen molar-refractivity contribution in [2.45, 2.75) is 6.92 Å². The smallest absolute Gasteiger partial charge is 0.312 e. The number of oxime groups is 1. The molecule has 10 heavy (non-hydrogen) atoms. The molecule has 0 aliphatic heterocycles. The Kier molecular flexibility index (Phi) is 3.79. The van der Waals surface area contributed by atoms with E-state index >= 15 is 0 Å². The van der Waals surface area contributed by atoms with Crippen molar-refractivity contribution in [2.75, 3.05) is 14.1 Å². The van der Waals surface area contributed by atoms with Crippen molar-refractivity contribution in [3.8, 4) is 0 Å². The molecule has 0 saturated carbocycles. The summed E-state index contributed by atoms with van der Waals surface area (Å²) in [6, 6.07) is 0. The molecular weight excluding hydrogens is 156 g/mol. The molecule has 0 unspecified atom stereocenters. The molecule has 0 rings (SSSR count). The van der Waals surface area contributed by atoms with Crippen molar-refractivity contribution in [1.29, 1.82) is 0 Å². The van der Waals surface area contributed by atoms with Crippen molar-refractivity contribution < 1.29 is 9.63 Å². The van der Waals surface area contributed by atoms with Crippen molar-refractivity contribution >= 4 is 22.9 Å². The number of hydrogen-bond donors (Lipinski definition) is 0. The molecule has 0 aromatic carbocycles. The molecule has 4 nitrogen and oxygen atoms in total. The molecule has 5 heteroatoms. The first-order valence-corrected chi connectivity index (χ1v) is 3.00. The first-order valence-electron chi connectivity index (χ1n) is 2.62. The van der Waals surface area contributed by atoms with Crippen LogP contribution >= 0.6 is 11.6 Å². The Balaban J connectivity index is 3.71. The van der Waals surface area contributed by atoms with Gasteiger partial charge in [-0.2, -0.15) is 0 Å². The SMILES string of the molecule is CC(Cl)=NOC(=O)N(C)C. The fourth-order valence-corrected chi connectivity index (χ4v) is 0.218. The Morgan fingerprint density at radius 2 is 2.10 bits per heavy atom. The third-order valence-corrected chi connectivity index (χ3v) is 0.684. The highest BCUT2D eigenvalue weighted by Crippen LogP contribution is 1.89. The molecule has 0 bridgehead atoms. The molecule has 0 heterocycles. The first-order chi connectivity index (χ1) is 4.54. The van der Waals surface area contributed by atoms with Crippen molar-refractivity contribution in [2.24, 2.45) is 5.16 Å². The molecule has 0 N–H and O–H groups in total. The Morgan fingerprint density at radius 3 is 2.40 bits per heavy atom. The number of nitrogens with zero attached hydrogens (tertiary/aromatic N) is 2. The van der Waals surface area contributed by atoms with Gasteiger partial charge in [0.05, 0.1) is 0 Å². The molecule has 0 spiro atoms. The van der Waals surface area contributed by atoms with Crippen LogP contribution in [0, 0.1) is 0 Å². The minimum absolute atomic E-state index is 0.190. The molecule has 0 fully saturated rings. The summed E-state index contributed by atoms with van der Waals surface area (Å²) >= 11 is 5.28. The predicted octanol–water partition coefficient (Wildman–Crippen LogP) is 1.26. The second-order valence-electron chi connectivity index (χ2n) is 1.84. The zero-order chi connectivity index (χ0) is 8.15. The molecule has 0 saturated heterocycles. The number of carbonyl (C=O) groups excluding carboxylic acids is 1. The number of halogens is 1. The summed E-state index contributed by atoms with van der Waals surface area (Å²) in [6.07, 6.45) is -0.542. The topological polar surface area (TPSA) is 41.9 Å². The summed E-state index contributed by atoms with van der Waals surface area (Å²) in [7, 11) is 3.11. The van der Waals surface area contributed by atoms with E-state index in [9.17, 15) is 4.79 Å². The van der Waals surface area contributed by atoms with Crippen molar-refractivity contribution in [3.05, 3.63) is 0 Å². The Bertz CT molecular complexity index is 152. The summed E-state index contributed by atoms with van der Waals surface area (Å²) in [5.74, 6) is 0. The minimum atomic E-state index is -0.542. The van der Waals surface area contributed by atoms with E-state index in [0.717, 1.165) is 0 Å². The summed E-state index contributed by atoms with van der Waals surface area (Å²) in [4.78, 5) is 16.1. The first kappa shape index (κ1) is 9.23. The lowest BCUT2D eigenvalue weighted by molar-refractivity contribution is 0.122. The van der Waals surface area contributed by atoms with Crippen LogP contribution in [0.25, 0.3) is 0 Å². The summed E-state index contributed by atoms with van der Waals surface area (Å²) in [6.45, 7) is 1.52. The maximum absolute atomic E-state index is 10.6. The van der Waals surface area contributed by atoms with Crippen LogP contribution in [0.5, 0.6) is 0 Å². The highest BCUT2D eigenvalue weighted by atomic mass is 35.5. The van der Waals surface area contributed by atoms with Crippen LogP contribution in [0.15, 0.2) is 5.16 Å². The Morgan fingerprint density at radius 1 is 1.60 bits per heavy atom. The zero-order valence-corrected chi connectivity index (χ0v) is 6.84. The number of hydrogen-bond acceptors (Lipinski definition) is 3. The van der Waals surface area contributed by atoms with Gasteiger partial charge in [0.15, 0.2) is 0 Å². The molecule has 0 aliphatic rings. The van der Waals surface area contributed by atoms with Gasteiger partial charge in [0.25, 0.3) is 0 Å². The number of carbonyl (C=O) groups is 1. The number of amides is 1. The Labute approximate surface area is 64.4 Å². The lowest BCUT2D eigenvalue weighted by Gasteiger charge is -2.05. The largest absolute Gasteiger partial charge is 0.435 e. The highest BCUT2D eigenvalue weighted by molar-refractivity contribution is 6.64. The van der Waals surface area contributed by atoms with Gasteiger partial charge in [-0.25, -0.2) is 4.79 Å². The predicted molar refractivity (Wildman–Crippen MR) is 39.1 cm³/mol. The minimum Gasteiger partial charge on any atom is -0.312 e. The van der Waals surface area contributed by atoms with E-state index in [-0.39, 0.29) is 5.17 Å². The van der Waals surface area contributed by atoms with Gasteiger partial charge in [-0.05, 0) is 6.92 Å². The third-order valence-electron chi connectivity index (χ3n) is 0.615. The average molecular weight is 165 g/mol. The lowest BCUT2D eigenvalue weighted by atomic mass is 10.9. The monoisotopic (exact) mass is 164 g/mol.